The topological polar surface area (TPSA) is 92.2 Å². The Kier molecular flexibility index (Phi) is 4.83. The van der Waals surface area contributed by atoms with Crippen LogP contribution >= 0.6 is 0 Å². The molecule has 0 aliphatic carbocycles. The lowest BCUT2D eigenvalue weighted by Gasteiger charge is -2.08. The molecule has 6 heteroatoms. The monoisotopic (exact) mass is 299 g/mol. The van der Waals surface area contributed by atoms with Gasteiger partial charge in [0.2, 0.25) is 0 Å². The average Bonchev–Trinajstić information content (AvgIpc) is 2.49. The van der Waals surface area contributed by atoms with Gasteiger partial charge in [-0.3, -0.25) is 9.59 Å². The van der Waals surface area contributed by atoms with E-state index in [2.05, 4.69) is 15.5 Å². The summed E-state index contributed by atoms with van der Waals surface area (Å²) in [6.07, 6.45) is 1.86. The number of aliphatic carboxylic acids is 1. The highest BCUT2D eigenvalue weighted by Gasteiger charge is 2.12. The van der Waals surface area contributed by atoms with Crippen molar-refractivity contribution in [3.8, 4) is 0 Å². The molecule has 2 N–H and O–H groups in total. The third kappa shape index (κ3) is 4.12. The molecule has 1 aromatic carbocycles. The largest absolute Gasteiger partial charge is 0.481 e. The summed E-state index contributed by atoms with van der Waals surface area (Å²) in [5, 5.41) is 19.2. The summed E-state index contributed by atoms with van der Waals surface area (Å²) >= 11 is 0. The van der Waals surface area contributed by atoms with Gasteiger partial charge in [-0.1, -0.05) is 19.1 Å². The molecule has 1 heterocycles. The second-order valence-corrected chi connectivity index (χ2v) is 5.18. The third-order valence-corrected chi connectivity index (χ3v) is 3.21. The molecule has 2 aromatic rings. The third-order valence-electron chi connectivity index (χ3n) is 3.21. The molecular formula is C16H17N3O3. The minimum atomic E-state index is -0.821. The number of carboxylic acids is 1. The number of carbonyl (C=O) groups is 2. The van der Waals surface area contributed by atoms with Crippen LogP contribution in [0.1, 0.15) is 28.5 Å². The van der Waals surface area contributed by atoms with Crippen molar-refractivity contribution in [3.05, 3.63) is 53.3 Å². The van der Waals surface area contributed by atoms with E-state index in [0.29, 0.717) is 23.4 Å². The maximum absolute atomic E-state index is 12.1. The lowest BCUT2D eigenvalue weighted by Crippen LogP contribution is -2.13. The molecule has 0 radical (unpaired) electrons. The van der Waals surface area contributed by atoms with Gasteiger partial charge in [0.05, 0.1) is 23.4 Å². The van der Waals surface area contributed by atoms with Crippen LogP contribution in [-0.2, 0) is 11.2 Å². The quantitative estimate of drug-likeness (QED) is 0.883. The van der Waals surface area contributed by atoms with Gasteiger partial charge in [-0.2, -0.15) is 10.2 Å². The number of hydrogen-bond donors (Lipinski definition) is 2. The predicted octanol–water partition coefficient (Wildman–Crippen LogP) is 2.30. The van der Waals surface area contributed by atoms with Crippen LogP contribution in [0, 0.1) is 12.8 Å². The average molecular weight is 299 g/mol. The van der Waals surface area contributed by atoms with Gasteiger partial charge in [0.1, 0.15) is 0 Å². The molecule has 0 saturated carbocycles. The fraction of sp³-hybridized carbons (Fsp3) is 0.250. The summed E-state index contributed by atoms with van der Waals surface area (Å²) in [7, 11) is 0. The molecule has 1 aromatic heterocycles. The van der Waals surface area contributed by atoms with Gasteiger partial charge >= 0.3 is 5.97 Å². The van der Waals surface area contributed by atoms with Gasteiger partial charge in [0, 0.05) is 5.69 Å². The molecule has 0 bridgehead atoms. The van der Waals surface area contributed by atoms with Crippen molar-refractivity contribution >= 4 is 17.6 Å². The SMILES string of the molecule is Cc1cc(C(=O)Nc2ccc(CC(C)C(=O)O)cc2)cnn1. The van der Waals surface area contributed by atoms with Crippen molar-refractivity contribution in [1.29, 1.82) is 0 Å². The van der Waals surface area contributed by atoms with Crippen LogP contribution in [-0.4, -0.2) is 27.2 Å². The lowest BCUT2D eigenvalue weighted by atomic mass is 10.0. The summed E-state index contributed by atoms with van der Waals surface area (Å²) in [6.45, 7) is 3.43. The second-order valence-electron chi connectivity index (χ2n) is 5.18. The van der Waals surface area contributed by atoms with Gasteiger partial charge in [-0.25, -0.2) is 0 Å². The first-order chi connectivity index (χ1) is 10.5. The highest BCUT2D eigenvalue weighted by atomic mass is 16.4. The van der Waals surface area contributed by atoms with Crippen molar-refractivity contribution in [2.45, 2.75) is 20.3 Å². The number of carbonyl (C=O) groups excluding carboxylic acids is 1. The van der Waals surface area contributed by atoms with Crippen LogP contribution in [0.25, 0.3) is 0 Å². The predicted molar refractivity (Wildman–Crippen MR) is 81.7 cm³/mol. The molecule has 22 heavy (non-hydrogen) atoms. The molecule has 1 amide bonds. The van der Waals surface area contributed by atoms with E-state index in [4.69, 9.17) is 5.11 Å². The Labute approximate surface area is 128 Å². The molecule has 0 aliphatic rings. The number of hydrogen-bond acceptors (Lipinski definition) is 4. The van der Waals surface area contributed by atoms with Crippen molar-refractivity contribution in [2.75, 3.05) is 5.32 Å². The van der Waals surface area contributed by atoms with E-state index in [-0.39, 0.29) is 5.91 Å². The molecule has 0 aliphatic heterocycles. The van der Waals surface area contributed by atoms with E-state index in [1.54, 1.807) is 32.0 Å². The van der Waals surface area contributed by atoms with Gasteiger partial charge in [-0.15, -0.1) is 0 Å². The molecular weight excluding hydrogens is 282 g/mol. The van der Waals surface area contributed by atoms with Crippen molar-refractivity contribution in [1.82, 2.24) is 10.2 Å². The van der Waals surface area contributed by atoms with Gasteiger partial charge < -0.3 is 10.4 Å². The highest BCUT2D eigenvalue weighted by Crippen LogP contribution is 2.14. The van der Waals surface area contributed by atoms with E-state index in [9.17, 15) is 9.59 Å². The molecule has 6 nitrogen and oxygen atoms in total. The Morgan fingerprint density at radius 2 is 1.95 bits per heavy atom. The van der Waals surface area contributed by atoms with Crippen molar-refractivity contribution in [3.63, 3.8) is 0 Å². The Bertz CT molecular complexity index is 683. The zero-order chi connectivity index (χ0) is 16.1. The van der Waals surface area contributed by atoms with E-state index in [0.717, 1.165) is 5.56 Å². The minimum absolute atomic E-state index is 0.260. The summed E-state index contributed by atoms with van der Waals surface area (Å²) in [5.74, 6) is -1.52. The number of carboxylic acid groups (broad SMARTS) is 1. The number of anilines is 1. The number of nitrogens with zero attached hydrogens (tertiary/aromatic N) is 2. The first-order valence-electron chi connectivity index (χ1n) is 6.88. The van der Waals surface area contributed by atoms with E-state index >= 15 is 0 Å². The standard InChI is InChI=1S/C16H17N3O3/c1-10(16(21)22)7-12-3-5-14(6-4-12)18-15(20)13-8-11(2)19-17-9-13/h3-6,8-10H,7H2,1-2H3,(H,18,20)(H,21,22). The smallest absolute Gasteiger partial charge is 0.306 e. The van der Waals surface area contributed by atoms with E-state index in [1.165, 1.54) is 6.20 Å². The molecule has 0 fully saturated rings. The zero-order valence-electron chi connectivity index (χ0n) is 12.4. The van der Waals surface area contributed by atoms with Crippen LogP contribution in [0.2, 0.25) is 0 Å². The first-order valence-corrected chi connectivity index (χ1v) is 6.88. The zero-order valence-corrected chi connectivity index (χ0v) is 12.4. The van der Waals surface area contributed by atoms with Gasteiger partial charge in [-0.05, 0) is 37.1 Å². The number of amides is 1. The highest BCUT2D eigenvalue weighted by molar-refractivity contribution is 6.04. The summed E-state index contributed by atoms with van der Waals surface area (Å²) < 4.78 is 0. The van der Waals surface area contributed by atoms with Gasteiger partial charge in [0.15, 0.2) is 0 Å². The minimum Gasteiger partial charge on any atom is -0.481 e. The number of nitrogens with one attached hydrogen (secondary N) is 1. The fourth-order valence-electron chi connectivity index (χ4n) is 1.97. The molecule has 1 atom stereocenters. The van der Waals surface area contributed by atoms with Crippen LogP contribution < -0.4 is 5.32 Å². The maximum Gasteiger partial charge on any atom is 0.306 e. The van der Waals surface area contributed by atoms with Gasteiger partial charge in [0.25, 0.3) is 5.91 Å². The van der Waals surface area contributed by atoms with Crippen LogP contribution in [0.3, 0.4) is 0 Å². The molecule has 0 saturated heterocycles. The first kappa shape index (κ1) is 15.6. The Hall–Kier alpha value is -2.76. The summed E-state index contributed by atoms with van der Waals surface area (Å²) in [5.41, 5.74) is 2.67. The molecule has 0 spiro atoms. The number of benzene rings is 1. The summed E-state index contributed by atoms with van der Waals surface area (Å²) in [4.78, 5) is 22.9. The molecule has 2 rings (SSSR count). The van der Waals surface area contributed by atoms with Crippen molar-refractivity contribution < 1.29 is 14.7 Å². The number of aryl methyl sites for hydroxylation is 1. The molecule has 1 unspecified atom stereocenters. The normalized spacial score (nSPS) is 11.7. The van der Waals surface area contributed by atoms with Crippen LogP contribution in [0.15, 0.2) is 36.5 Å². The second kappa shape index (κ2) is 6.80. The fourth-order valence-corrected chi connectivity index (χ4v) is 1.97. The van der Waals surface area contributed by atoms with E-state index in [1.807, 2.05) is 12.1 Å². The Morgan fingerprint density at radius 1 is 1.27 bits per heavy atom. The number of aromatic nitrogens is 2. The number of rotatable bonds is 5. The lowest BCUT2D eigenvalue weighted by molar-refractivity contribution is -0.141. The maximum atomic E-state index is 12.1. The van der Waals surface area contributed by atoms with Crippen LogP contribution in [0.5, 0.6) is 0 Å². The van der Waals surface area contributed by atoms with E-state index < -0.39 is 11.9 Å². The Morgan fingerprint density at radius 3 is 2.55 bits per heavy atom. The summed E-state index contributed by atoms with van der Waals surface area (Å²) in [6, 6.07) is 8.79. The van der Waals surface area contributed by atoms with Crippen LogP contribution in [0.4, 0.5) is 5.69 Å². The molecule has 114 valence electrons. The van der Waals surface area contributed by atoms with Crippen molar-refractivity contribution in [2.24, 2.45) is 5.92 Å². The Balaban J connectivity index is 2.02.